The first-order valence-corrected chi connectivity index (χ1v) is 12.2. The highest BCUT2D eigenvalue weighted by molar-refractivity contribution is 5.94. The molecule has 2 aliphatic heterocycles. The van der Waals surface area contributed by atoms with E-state index in [4.69, 9.17) is 4.74 Å². The van der Waals surface area contributed by atoms with E-state index in [0.29, 0.717) is 54.5 Å². The second-order valence-electron chi connectivity index (χ2n) is 9.01. The summed E-state index contributed by atoms with van der Waals surface area (Å²) in [5.74, 6) is -0.302. The first kappa shape index (κ1) is 25.1. The molecule has 11 nitrogen and oxygen atoms in total. The van der Waals surface area contributed by atoms with E-state index >= 15 is 4.39 Å². The summed E-state index contributed by atoms with van der Waals surface area (Å²) in [4.78, 5) is 53.9. The lowest BCUT2D eigenvalue weighted by Gasteiger charge is -2.34. The zero-order valence-electron chi connectivity index (χ0n) is 20.7. The number of aromatic nitrogens is 3. The highest BCUT2D eigenvalue weighted by Gasteiger charge is 2.33. The third-order valence-corrected chi connectivity index (χ3v) is 6.42. The van der Waals surface area contributed by atoms with Crippen molar-refractivity contribution in [1.82, 2.24) is 25.2 Å². The van der Waals surface area contributed by atoms with Crippen LogP contribution in [0.1, 0.15) is 17.3 Å². The maximum Gasteiger partial charge on any atom is 0.414 e. The normalized spacial score (nSPS) is 17.4. The molecule has 196 valence electrons. The van der Waals surface area contributed by atoms with Crippen LogP contribution in [0.25, 0.3) is 11.1 Å². The summed E-state index contributed by atoms with van der Waals surface area (Å²) in [5.41, 5.74) is 1.71. The third-order valence-electron chi connectivity index (χ3n) is 6.42. The molecule has 12 heteroatoms. The second-order valence-corrected chi connectivity index (χ2v) is 9.01. The van der Waals surface area contributed by atoms with E-state index in [1.54, 1.807) is 54.0 Å². The fourth-order valence-corrected chi connectivity index (χ4v) is 4.41. The lowest BCUT2D eigenvalue weighted by atomic mass is 10.1. The van der Waals surface area contributed by atoms with E-state index in [-0.39, 0.29) is 24.9 Å². The first-order valence-electron chi connectivity index (χ1n) is 12.2. The van der Waals surface area contributed by atoms with E-state index in [1.807, 2.05) is 4.90 Å². The number of hydrogen-bond acceptors (Lipinski definition) is 8. The predicted molar refractivity (Wildman–Crippen MR) is 136 cm³/mol. The van der Waals surface area contributed by atoms with Crippen molar-refractivity contribution in [1.29, 1.82) is 0 Å². The van der Waals surface area contributed by atoms with Crippen LogP contribution in [0.2, 0.25) is 0 Å². The van der Waals surface area contributed by atoms with Crippen molar-refractivity contribution in [3.05, 3.63) is 66.5 Å². The molecule has 0 spiro atoms. The molecule has 0 saturated carbocycles. The number of carbonyl (C=O) groups is 3. The number of hydrogen-bond donors (Lipinski definition) is 1. The predicted octanol–water partition coefficient (Wildman–Crippen LogP) is 2.10. The van der Waals surface area contributed by atoms with E-state index in [2.05, 4.69) is 20.3 Å². The van der Waals surface area contributed by atoms with Crippen molar-refractivity contribution >= 4 is 29.5 Å². The zero-order chi connectivity index (χ0) is 26.6. The SMILES string of the molecule is CC(=O)NC[C@H]1CN(c2ccc(-c3cnc(N4CCN(C(=O)c5cccnc5)CC4)nc3)c(F)c2)C(=O)O1. The second kappa shape index (κ2) is 10.8. The Morgan fingerprint density at radius 1 is 1.11 bits per heavy atom. The Bertz CT molecular complexity index is 1330. The molecule has 38 heavy (non-hydrogen) atoms. The molecule has 1 N–H and O–H groups in total. The summed E-state index contributed by atoms with van der Waals surface area (Å²) in [7, 11) is 0. The Morgan fingerprint density at radius 2 is 1.87 bits per heavy atom. The molecular weight excluding hydrogens is 493 g/mol. The van der Waals surface area contributed by atoms with Gasteiger partial charge in [0.15, 0.2) is 0 Å². The van der Waals surface area contributed by atoms with Gasteiger partial charge in [-0.15, -0.1) is 0 Å². The number of halogens is 1. The van der Waals surface area contributed by atoms with Gasteiger partial charge in [-0.2, -0.15) is 0 Å². The Hall–Kier alpha value is -4.61. The molecule has 4 heterocycles. The Balaban J connectivity index is 1.21. The van der Waals surface area contributed by atoms with Crippen molar-refractivity contribution in [3.8, 4) is 11.1 Å². The van der Waals surface area contributed by atoms with E-state index in [9.17, 15) is 14.4 Å². The standard InChI is InChI=1S/C26H26FN7O4/c1-17(35)29-15-21-16-34(26(37)38-21)20-4-5-22(23(27)11-20)19-13-30-25(31-14-19)33-9-7-32(8-10-33)24(36)18-3-2-6-28-12-18/h2-6,11-14,21H,7-10,15-16H2,1H3,(H,29,35)/t21-/m0/s1. The van der Waals surface area contributed by atoms with Gasteiger partial charge in [0.1, 0.15) is 11.9 Å². The van der Waals surface area contributed by atoms with Crippen LogP contribution in [-0.4, -0.2) is 83.1 Å². The molecule has 2 saturated heterocycles. The van der Waals surface area contributed by atoms with E-state index < -0.39 is 18.0 Å². The van der Waals surface area contributed by atoms with E-state index in [0.717, 1.165) is 0 Å². The molecular formula is C26H26FN7O4. The van der Waals surface area contributed by atoms with Crippen LogP contribution in [-0.2, 0) is 9.53 Å². The van der Waals surface area contributed by atoms with Gasteiger partial charge in [0.2, 0.25) is 11.9 Å². The third kappa shape index (κ3) is 5.38. The van der Waals surface area contributed by atoms with Crippen molar-refractivity contribution in [2.45, 2.75) is 13.0 Å². The fraction of sp³-hybridized carbons (Fsp3) is 0.308. The highest BCUT2D eigenvalue weighted by atomic mass is 19.1. The molecule has 0 radical (unpaired) electrons. The zero-order valence-corrected chi connectivity index (χ0v) is 20.7. The maximum atomic E-state index is 15.0. The monoisotopic (exact) mass is 519 g/mol. The van der Waals surface area contributed by atoms with Crippen molar-refractivity contribution in [3.63, 3.8) is 0 Å². The average Bonchev–Trinajstić information content (AvgIpc) is 3.32. The molecule has 2 aromatic heterocycles. The summed E-state index contributed by atoms with van der Waals surface area (Å²) < 4.78 is 20.3. The molecule has 0 bridgehead atoms. The average molecular weight is 520 g/mol. The molecule has 0 unspecified atom stereocenters. The lowest BCUT2D eigenvalue weighted by molar-refractivity contribution is -0.119. The summed E-state index contributed by atoms with van der Waals surface area (Å²) >= 11 is 0. The number of cyclic esters (lactones) is 1. The van der Waals surface area contributed by atoms with Crippen molar-refractivity contribution < 1.29 is 23.5 Å². The summed E-state index contributed by atoms with van der Waals surface area (Å²) in [6, 6.07) is 7.95. The van der Waals surface area contributed by atoms with E-state index in [1.165, 1.54) is 17.9 Å². The number of ether oxygens (including phenoxy) is 1. The highest BCUT2D eigenvalue weighted by Crippen LogP contribution is 2.29. The van der Waals surface area contributed by atoms with Gasteiger partial charge < -0.3 is 19.9 Å². The largest absolute Gasteiger partial charge is 0.442 e. The summed E-state index contributed by atoms with van der Waals surface area (Å²) in [6.07, 6.45) is 5.20. The number of carbonyl (C=O) groups excluding carboxylic acids is 3. The minimum Gasteiger partial charge on any atom is -0.442 e. The van der Waals surface area contributed by atoms with Crippen molar-refractivity contribution in [2.24, 2.45) is 0 Å². The van der Waals surface area contributed by atoms with Gasteiger partial charge in [0.05, 0.1) is 24.3 Å². The van der Waals surface area contributed by atoms with Gasteiger partial charge in [-0.3, -0.25) is 19.5 Å². The number of anilines is 2. The maximum absolute atomic E-state index is 15.0. The van der Waals surface area contributed by atoms with Gasteiger partial charge in [-0.25, -0.2) is 19.2 Å². The number of piperazine rings is 1. The van der Waals surface area contributed by atoms with Gasteiger partial charge in [0, 0.05) is 69.0 Å². The van der Waals surface area contributed by atoms with Gasteiger partial charge in [0.25, 0.3) is 5.91 Å². The van der Waals surface area contributed by atoms with Gasteiger partial charge in [-0.1, -0.05) is 0 Å². The molecule has 3 amide bonds. The Kier molecular flexibility index (Phi) is 7.11. The van der Waals surface area contributed by atoms with Crippen LogP contribution in [0.4, 0.5) is 20.8 Å². The van der Waals surface area contributed by atoms with Gasteiger partial charge >= 0.3 is 6.09 Å². The molecule has 1 atom stereocenters. The van der Waals surface area contributed by atoms with Crippen molar-refractivity contribution in [2.75, 3.05) is 49.1 Å². The van der Waals surface area contributed by atoms with Gasteiger partial charge in [-0.05, 0) is 30.3 Å². The molecule has 2 aliphatic rings. The summed E-state index contributed by atoms with van der Waals surface area (Å²) in [6.45, 7) is 3.98. The van der Waals surface area contributed by atoms with Crippen LogP contribution < -0.4 is 15.1 Å². The summed E-state index contributed by atoms with van der Waals surface area (Å²) in [5, 5.41) is 2.61. The quantitative estimate of drug-likeness (QED) is 0.526. The number of pyridine rings is 1. The molecule has 3 aromatic rings. The Labute approximate surface area is 218 Å². The number of benzene rings is 1. The molecule has 0 aliphatic carbocycles. The number of nitrogens with zero attached hydrogens (tertiary/aromatic N) is 6. The Morgan fingerprint density at radius 3 is 2.53 bits per heavy atom. The number of nitrogens with one attached hydrogen (secondary N) is 1. The molecule has 2 fully saturated rings. The fourth-order valence-electron chi connectivity index (χ4n) is 4.41. The topological polar surface area (TPSA) is 121 Å². The number of rotatable bonds is 6. The van der Waals surface area contributed by atoms with Crippen LogP contribution in [0, 0.1) is 5.82 Å². The molecule has 5 rings (SSSR count). The molecule has 1 aromatic carbocycles. The van der Waals surface area contributed by atoms with Crippen LogP contribution in [0.5, 0.6) is 0 Å². The van der Waals surface area contributed by atoms with Crippen LogP contribution >= 0.6 is 0 Å². The minimum atomic E-state index is -0.595. The van der Waals surface area contributed by atoms with Crippen LogP contribution in [0.15, 0.2) is 55.1 Å². The first-order chi connectivity index (χ1) is 18.4. The lowest BCUT2D eigenvalue weighted by Crippen LogP contribution is -2.49. The smallest absolute Gasteiger partial charge is 0.414 e. The number of amides is 3. The van der Waals surface area contributed by atoms with Crippen LogP contribution in [0.3, 0.4) is 0 Å². The minimum absolute atomic E-state index is 0.0571.